The van der Waals surface area contributed by atoms with Crippen LogP contribution in [0.25, 0.3) is 0 Å². The van der Waals surface area contributed by atoms with Gasteiger partial charge in [0.25, 0.3) is 0 Å². The first-order valence-electron chi connectivity index (χ1n) is 25.8. The second-order valence-electron chi connectivity index (χ2n) is 17.2. The van der Waals surface area contributed by atoms with Crippen LogP contribution in [0.5, 0.6) is 0 Å². The van der Waals surface area contributed by atoms with E-state index in [-0.39, 0.29) is 12.5 Å². The van der Waals surface area contributed by atoms with Gasteiger partial charge in [-0.05, 0) is 83.5 Å². The van der Waals surface area contributed by atoms with E-state index in [9.17, 15) is 15.0 Å². The van der Waals surface area contributed by atoms with E-state index in [4.69, 9.17) is 0 Å². The van der Waals surface area contributed by atoms with Crippen molar-refractivity contribution in [2.75, 3.05) is 6.61 Å². The predicted molar refractivity (Wildman–Crippen MR) is 267 cm³/mol. The van der Waals surface area contributed by atoms with E-state index < -0.39 is 12.1 Å². The molecule has 60 heavy (non-hydrogen) atoms. The van der Waals surface area contributed by atoms with E-state index in [0.29, 0.717) is 6.42 Å². The molecule has 0 rings (SSSR count). The van der Waals surface area contributed by atoms with Crippen molar-refractivity contribution >= 4 is 5.91 Å². The van der Waals surface area contributed by atoms with Gasteiger partial charge >= 0.3 is 0 Å². The smallest absolute Gasteiger partial charge is 0.220 e. The van der Waals surface area contributed by atoms with Gasteiger partial charge in [0, 0.05) is 6.42 Å². The normalized spacial score (nSPS) is 13.6. The highest BCUT2D eigenvalue weighted by molar-refractivity contribution is 5.76. The van der Waals surface area contributed by atoms with E-state index in [1.54, 1.807) is 6.08 Å². The van der Waals surface area contributed by atoms with Crippen molar-refractivity contribution in [2.24, 2.45) is 0 Å². The Morgan fingerprint density at radius 1 is 0.417 bits per heavy atom. The summed E-state index contributed by atoms with van der Waals surface area (Å²) in [5.74, 6) is -0.0847. The summed E-state index contributed by atoms with van der Waals surface area (Å²) in [5, 5.41) is 23.1. The van der Waals surface area contributed by atoms with Crippen LogP contribution in [0.1, 0.15) is 245 Å². The van der Waals surface area contributed by atoms with Crippen LogP contribution >= 0.6 is 0 Å². The molecule has 346 valence electrons. The van der Waals surface area contributed by atoms with Gasteiger partial charge in [0.05, 0.1) is 18.8 Å². The fraction of sp³-hybridized carbons (Fsp3) is 0.732. The molecule has 0 fully saturated rings. The first kappa shape index (κ1) is 57.6. The molecule has 4 nitrogen and oxygen atoms in total. The van der Waals surface area contributed by atoms with Crippen LogP contribution in [-0.2, 0) is 4.79 Å². The second-order valence-corrected chi connectivity index (χ2v) is 17.2. The standard InChI is InChI=1S/C56H99NO3/c1-3-5-7-9-11-13-15-17-19-21-23-25-27-28-30-31-33-35-37-39-41-43-45-47-49-51-55(59)54(53-58)57-56(60)52-50-48-46-44-42-40-38-36-34-32-29-26-24-22-20-18-16-14-12-10-8-6-4-2/h6,8,12,14,18,20,24,26,33,35,41,43,49,51,54-55,58-59H,3-5,7,9-11,13,15-17,19,21-23,25,27-32,34,36-40,42,44-48,50,52-53H2,1-2H3,(H,57,60)/b8-6-,14-12-,20-18-,26-24-,35-33+,43-41+,51-49+. The molecular weight excluding hydrogens is 735 g/mol. The molecule has 0 aliphatic rings. The lowest BCUT2D eigenvalue weighted by Gasteiger charge is -2.19. The fourth-order valence-electron chi connectivity index (χ4n) is 7.44. The van der Waals surface area contributed by atoms with Gasteiger partial charge in [-0.25, -0.2) is 0 Å². The fourth-order valence-corrected chi connectivity index (χ4v) is 7.44. The molecule has 0 aliphatic carbocycles. The van der Waals surface area contributed by atoms with Crippen molar-refractivity contribution in [1.82, 2.24) is 5.32 Å². The summed E-state index contributed by atoms with van der Waals surface area (Å²) in [6, 6.07) is -0.653. The van der Waals surface area contributed by atoms with Crippen LogP contribution in [0.15, 0.2) is 85.1 Å². The minimum absolute atomic E-state index is 0.0847. The molecule has 0 saturated carbocycles. The van der Waals surface area contributed by atoms with E-state index in [1.807, 2.05) is 6.08 Å². The Kier molecular flexibility index (Phi) is 48.9. The van der Waals surface area contributed by atoms with Crippen LogP contribution in [0, 0.1) is 0 Å². The zero-order chi connectivity index (χ0) is 43.5. The molecule has 0 aliphatic heterocycles. The zero-order valence-corrected chi connectivity index (χ0v) is 39.7. The number of aliphatic hydroxyl groups excluding tert-OH is 2. The maximum Gasteiger partial charge on any atom is 0.220 e. The number of hydrogen-bond donors (Lipinski definition) is 3. The van der Waals surface area contributed by atoms with Gasteiger partial charge in [-0.15, -0.1) is 0 Å². The molecule has 0 heterocycles. The Balaban J connectivity index is 3.62. The third-order valence-corrected chi connectivity index (χ3v) is 11.3. The molecule has 0 aromatic heterocycles. The molecule has 2 unspecified atom stereocenters. The number of amides is 1. The van der Waals surface area contributed by atoms with Crippen molar-refractivity contribution in [3.8, 4) is 0 Å². The number of carbonyl (C=O) groups excluding carboxylic acids is 1. The van der Waals surface area contributed by atoms with Gasteiger partial charge in [0.1, 0.15) is 0 Å². The molecular formula is C56H99NO3. The molecule has 3 N–H and O–H groups in total. The Labute approximate surface area is 373 Å². The summed E-state index contributed by atoms with van der Waals surface area (Å²) in [6.07, 6.45) is 74.4. The van der Waals surface area contributed by atoms with Crippen molar-refractivity contribution < 1.29 is 15.0 Å². The largest absolute Gasteiger partial charge is 0.394 e. The summed E-state index contributed by atoms with van der Waals surface area (Å²) in [4.78, 5) is 12.4. The molecule has 0 bridgehead atoms. The number of rotatable bonds is 46. The Morgan fingerprint density at radius 3 is 1.17 bits per heavy atom. The number of aliphatic hydroxyl groups is 2. The van der Waals surface area contributed by atoms with Crippen molar-refractivity contribution in [1.29, 1.82) is 0 Å². The Morgan fingerprint density at radius 2 is 0.750 bits per heavy atom. The van der Waals surface area contributed by atoms with E-state index in [2.05, 4.69) is 92.1 Å². The summed E-state index contributed by atoms with van der Waals surface area (Å²) in [6.45, 7) is 4.19. The number of hydrogen-bond acceptors (Lipinski definition) is 3. The molecule has 1 amide bonds. The molecule has 0 saturated heterocycles. The van der Waals surface area contributed by atoms with Crippen LogP contribution in [0.3, 0.4) is 0 Å². The Bertz CT molecular complexity index is 1080. The van der Waals surface area contributed by atoms with E-state index >= 15 is 0 Å². The van der Waals surface area contributed by atoms with Crippen molar-refractivity contribution in [2.45, 2.75) is 257 Å². The lowest BCUT2D eigenvalue weighted by Crippen LogP contribution is -2.45. The lowest BCUT2D eigenvalue weighted by atomic mass is 10.0. The summed E-state index contributed by atoms with van der Waals surface area (Å²) in [7, 11) is 0. The lowest BCUT2D eigenvalue weighted by molar-refractivity contribution is -0.123. The van der Waals surface area contributed by atoms with Gasteiger partial charge in [-0.2, -0.15) is 0 Å². The topological polar surface area (TPSA) is 69.6 Å². The molecule has 0 aromatic carbocycles. The highest BCUT2D eigenvalue weighted by Crippen LogP contribution is 2.15. The monoisotopic (exact) mass is 834 g/mol. The molecule has 0 aromatic rings. The number of nitrogens with one attached hydrogen (secondary N) is 1. The van der Waals surface area contributed by atoms with Crippen LogP contribution < -0.4 is 5.32 Å². The third-order valence-electron chi connectivity index (χ3n) is 11.3. The van der Waals surface area contributed by atoms with E-state index in [1.165, 1.54) is 161 Å². The van der Waals surface area contributed by atoms with Gasteiger partial charge in [-0.3, -0.25) is 4.79 Å². The summed E-state index contributed by atoms with van der Waals surface area (Å²) < 4.78 is 0. The van der Waals surface area contributed by atoms with Crippen LogP contribution in [0.4, 0.5) is 0 Å². The average molecular weight is 834 g/mol. The average Bonchev–Trinajstić information content (AvgIpc) is 3.25. The zero-order valence-electron chi connectivity index (χ0n) is 39.7. The number of carbonyl (C=O) groups is 1. The van der Waals surface area contributed by atoms with Crippen molar-refractivity contribution in [3.63, 3.8) is 0 Å². The predicted octanol–water partition coefficient (Wildman–Crippen LogP) is 16.8. The first-order valence-corrected chi connectivity index (χ1v) is 25.8. The van der Waals surface area contributed by atoms with Gasteiger partial charge in [0.2, 0.25) is 5.91 Å². The Hall–Kier alpha value is -2.43. The molecule has 0 radical (unpaired) electrons. The maximum absolute atomic E-state index is 12.4. The van der Waals surface area contributed by atoms with Gasteiger partial charge in [0.15, 0.2) is 0 Å². The number of allylic oxidation sites excluding steroid dienone is 13. The minimum atomic E-state index is -0.877. The van der Waals surface area contributed by atoms with Gasteiger partial charge < -0.3 is 15.5 Å². The first-order chi connectivity index (χ1) is 29.7. The van der Waals surface area contributed by atoms with Crippen LogP contribution in [-0.4, -0.2) is 34.9 Å². The highest BCUT2D eigenvalue weighted by Gasteiger charge is 2.17. The maximum atomic E-state index is 12.4. The molecule has 0 spiro atoms. The quantitative estimate of drug-likeness (QED) is 0.0423. The SMILES string of the molecule is CC/C=C\C/C=C\C/C=C\C/C=C\CCCCCCCCCCCCC(=O)NC(CO)C(O)/C=C/CC/C=C/CC/C=C/CCCCCCCCCCCCCCCCC. The van der Waals surface area contributed by atoms with Crippen LogP contribution in [0.2, 0.25) is 0 Å². The second kappa shape index (κ2) is 50.9. The molecule has 4 heteroatoms. The minimum Gasteiger partial charge on any atom is -0.394 e. The molecule has 2 atom stereocenters. The summed E-state index contributed by atoms with van der Waals surface area (Å²) in [5.41, 5.74) is 0. The van der Waals surface area contributed by atoms with Crippen molar-refractivity contribution in [3.05, 3.63) is 85.1 Å². The summed E-state index contributed by atoms with van der Waals surface area (Å²) >= 11 is 0. The highest BCUT2D eigenvalue weighted by atomic mass is 16.3. The number of unbranched alkanes of at least 4 members (excludes halogenated alkanes) is 27. The van der Waals surface area contributed by atoms with E-state index in [0.717, 1.165) is 64.2 Å². The van der Waals surface area contributed by atoms with Gasteiger partial charge in [-0.1, -0.05) is 240 Å². The third kappa shape index (κ3) is 46.6.